The highest BCUT2D eigenvalue weighted by Gasteiger charge is 2.53. The lowest BCUT2D eigenvalue weighted by Gasteiger charge is -2.35. The van der Waals surface area contributed by atoms with Gasteiger partial charge in [-0.05, 0) is 31.4 Å². The Bertz CT molecular complexity index is 856. The number of hydrogen-bond donors (Lipinski definition) is 0. The minimum Gasteiger partial charge on any atom is -0.483 e. The monoisotopic (exact) mass is 356 g/mol. The predicted octanol–water partition coefficient (Wildman–Crippen LogP) is 3.24. The second-order valence-corrected chi connectivity index (χ2v) is 7.44. The number of furan rings is 1. The number of anilines is 1. The molecule has 1 saturated carbocycles. The summed E-state index contributed by atoms with van der Waals surface area (Å²) >= 11 is 1.36. The zero-order valence-corrected chi connectivity index (χ0v) is 14.2. The topological polar surface area (TPSA) is 72.6 Å². The van der Waals surface area contributed by atoms with Gasteiger partial charge < -0.3 is 9.15 Å². The van der Waals surface area contributed by atoms with Gasteiger partial charge in [-0.15, -0.1) is 11.3 Å². The first-order chi connectivity index (χ1) is 12.3. The van der Waals surface area contributed by atoms with Crippen LogP contribution in [-0.4, -0.2) is 22.8 Å². The summed E-state index contributed by atoms with van der Waals surface area (Å²) in [5, 5.41) is 2.35. The summed E-state index contributed by atoms with van der Waals surface area (Å²) in [6, 6.07) is 2.95. The molecule has 1 fully saturated rings. The van der Waals surface area contributed by atoms with Crippen molar-refractivity contribution < 1.29 is 18.7 Å². The Morgan fingerprint density at radius 1 is 1.24 bits per heavy atom. The van der Waals surface area contributed by atoms with Crippen LogP contribution in [-0.2, 0) is 14.3 Å². The minimum atomic E-state index is -0.598. The highest BCUT2D eigenvalue weighted by atomic mass is 32.1. The lowest BCUT2D eigenvalue weighted by Crippen LogP contribution is -2.39. The first-order valence-electron chi connectivity index (χ1n) is 8.47. The number of ketones is 1. The molecule has 3 aliphatic rings. The van der Waals surface area contributed by atoms with Gasteiger partial charge in [-0.1, -0.05) is 6.42 Å². The number of carbonyl (C=O) groups is 2. The van der Waals surface area contributed by atoms with Crippen LogP contribution in [0.1, 0.15) is 37.5 Å². The quantitative estimate of drug-likeness (QED) is 0.826. The van der Waals surface area contributed by atoms with Gasteiger partial charge in [-0.2, -0.15) is 0 Å². The molecule has 0 spiro atoms. The fourth-order valence-electron chi connectivity index (χ4n) is 4.09. The summed E-state index contributed by atoms with van der Waals surface area (Å²) in [4.78, 5) is 32.1. The maximum Gasteiger partial charge on any atom is 0.296 e. The van der Waals surface area contributed by atoms with E-state index < -0.39 is 6.04 Å². The molecule has 1 aliphatic carbocycles. The maximum absolute atomic E-state index is 13.2. The molecule has 0 N–H and O–H groups in total. The SMILES string of the molecule is O=C1C2=C(OC3CCCCC13)C(=O)N(c1nccs1)C2c1ccco1. The molecule has 0 bridgehead atoms. The predicted molar refractivity (Wildman–Crippen MR) is 89.9 cm³/mol. The van der Waals surface area contributed by atoms with E-state index >= 15 is 0 Å². The molecule has 0 aromatic carbocycles. The van der Waals surface area contributed by atoms with Crippen molar-refractivity contribution in [2.75, 3.05) is 4.90 Å². The first-order valence-corrected chi connectivity index (χ1v) is 9.35. The molecule has 1 amide bonds. The number of nitrogens with zero attached hydrogens (tertiary/aromatic N) is 2. The van der Waals surface area contributed by atoms with E-state index in [0.717, 1.165) is 25.7 Å². The van der Waals surface area contributed by atoms with Gasteiger partial charge in [-0.3, -0.25) is 14.5 Å². The van der Waals surface area contributed by atoms with Gasteiger partial charge in [0.15, 0.2) is 16.7 Å². The number of aromatic nitrogens is 1. The highest BCUT2D eigenvalue weighted by molar-refractivity contribution is 7.13. The molecule has 7 heteroatoms. The summed E-state index contributed by atoms with van der Waals surface area (Å²) in [6.07, 6.45) is 6.71. The molecular weight excluding hydrogens is 340 g/mol. The normalized spacial score (nSPS) is 28.8. The molecule has 3 unspecified atom stereocenters. The standard InChI is InChI=1S/C18H16N2O4S/c21-15-10-4-1-2-5-11(10)24-16-13(15)14(12-6-3-8-23-12)20(17(16)22)18-19-7-9-25-18/h3,6-11,14H,1-2,4-5H2. The van der Waals surface area contributed by atoms with E-state index in [1.54, 1.807) is 24.6 Å². The van der Waals surface area contributed by atoms with Gasteiger partial charge >= 0.3 is 0 Å². The third-order valence-electron chi connectivity index (χ3n) is 5.20. The summed E-state index contributed by atoms with van der Waals surface area (Å²) in [5.41, 5.74) is 0.429. The molecule has 0 radical (unpaired) electrons. The Morgan fingerprint density at radius 3 is 2.88 bits per heavy atom. The average Bonchev–Trinajstić information content (AvgIpc) is 3.36. The zero-order chi connectivity index (χ0) is 17.0. The van der Waals surface area contributed by atoms with Crippen molar-refractivity contribution in [1.82, 2.24) is 4.98 Å². The maximum atomic E-state index is 13.2. The van der Waals surface area contributed by atoms with Crippen LogP contribution in [0.25, 0.3) is 0 Å². The van der Waals surface area contributed by atoms with Crippen LogP contribution >= 0.6 is 11.3 Å². The zero-order valence-electron chi connectivity index (χ0n) is 13.4. The fraction of sp³-hybridized carbons (Fsp3) is 0.389. The number of Topliss-reactive ketones (excluding diaryl/α,β-unsaturated/α-hetero) is 1. The second kappa shape index (κ2) is 5.56. The van der Waals surface area contributed by atoms with Gasteiger partial charge in [0, 0.05) is 11.6 Å². The van der Waals surface area contributed by atoms with Gasteiger partial charge in [-0.25, -0.2) is 4.98 Å². The van der Waals surface area contributed by atoms with Crippen molar-refractivity contribution in [3.63, 3.8) is 0 Å². The van der Waals surface area contributed by atoms with E-state index in [1.807, 2.05) is 5.38 Å². The fourth-order valence-corrected chi connectivity index (χ4v) is 4.76. The number of hydrogen-bond acceptors (Lipinski definition) is 6. The Kier molecular flexibility index (Phi) is 3.31. The van der Waals surface area contributed by atoms with Crippen molar-refractivity contribution in [1.29, 1.82) is 0 Å². The van der Waals surface area contributed by atoms with Crippen LogP contribution in [0, 0.1) is 5.92 Å². The number of ether oxygens (including phenoxy) is 1. The van der Waals surface area contributed by atoms with Crippen LogP contribution in [0.15, 0.2) is 45.7 Å². The second-order valence-electron chi connectivity index (χ2n) is 6.56. The third kappa shape index (κ3) is 2.12. The van der Waals surface area contributed by atoms with Crippen molar-refractivity contribution in [2.45, 2.75) is 37.8 Å². The molecule has 3 atom stereocenters. The number of carbonyl (C=O) groups excluding carboxylic acids is 2. The smallest absolute Gasteiger partial charge is 0.296 e. The summed E-state index contributed by atoms with van der Waals surface area (Å²) < 4.78 is 11.6. The largest absolute Gasteiger partial charge is 0.483 e. The van der Waals surface area contributed by atoms with Crippen LogP contribution in [0.3, 0.4) is 0 Å². The lowest BCUT2D eigenvalue weighted by molar-refractivity contribution is -0.131. The summed E-state index contributed by atoms with van der Waals surface area (Å²) in [5.74, 6) is 0.307. The Labute approximate surface area is 148 Å². The van der Waals surface area contributed by atoms with Crippen molar-refractivity contribution >= 4 is 28.2 Å². The third-order valence-corrected chi connectivity index (χ3v) is 5.97. The summed E-state index contributed by atoms with van der Waals surface area (Å²) in [6.45, 7) is 0. The van der Waals surface area contributed by atoms with Crippen LogP contribution < -0.4 is 4.90 Å². The molecule has 2 aromatic heterocycles. The van der Waals surface area contributed by atoms with Crippen LogP contribution in [0.2, 0.25) is 0 Å². The Morgan fingerprint density at radius 2 is 2.12 bits per heavy atom. The van der Waals surface area contributed by atoms with E-state index in [9.17, 15) is 9.59 Å². The van der Waals surface area contributed by atoms with Crippen molar-refractivity contribution in [3.8, 4) is 0 Å². The van der Waals surface area contributed by atoms with E-state index in [4.69, 9.17) is 9.15 Å². The molecular formula is C18H16N2O4S. The van der Waals surface area contributed by atoms with Gasteiger partial charge in [0.2, 0.25) is 0 Å². The molecule has 0 saturated heterocycles. The van der Waals surface area contributed by atoms with E-state index in [1.165, 1.54) is 16.2 Å². The van der Waals surface area contributed by atoms with Crippen molar-refractivity contribution in [2.24, 2.45) is 5.92 Å². The van der Waals surface area contributed by atoms with E-state index in [-0.39, 0.29) is 29.5 Å². The van der Waals surface area contributed by atoms with E-state index in [0.29, 0.717) is 16.5 Å². The van der Waals surface area contributed by atoms with Crippen molar-refractivity contribution in [3.05, 3.63) is 47.1 Å². The lowest BCUT2D eigenvalue weighted by atomic mass is 9.78. The number of amides is 1. The van der Waals surface area contributed by atoms with Crippen LogP contribution in [0.5, 0.6) is 0 Å². The molecule has 128 valence electrons. The Balaban J connectivity index is 1.65. The van der Waals surface area contributed by atoms with Gasteiger partial charge in [0.25, 0.3) is 5.91 Å². The number of rotatable bonds is 2. The highest BCUT2D eigenvalue weighted by Crippen LogP contribution is 2.48. The van der Waals surface area contributed by atoms with Gasteiger partial charge in [0.05, 0.1) is 17.8 Å². The molecule has 6 nitrogen and oxygen atoms in total. The van der Waals surface area contributed by atoms with Crippen LogP contribution in [0.4, 0.5) is 5.13 Å². The van der Waals surface area contributed by atoms with E-state index in [2.05, 4.69) is 4.98 Å². The average molecular weight is 356 g/mol. The molecule has 2 aliphatic heterocycles. The first kappa shape index (κ1) is 14.9. The molecule has 5 rings (SSSR count). The summed E-state index contributed by atoms with van der Waals surface area (Å²) in [7, 11) is 0. The number of fused-ring (bicyclic) bond motifs is 1. The molecule has 4 heterocycles. The number of thiazole rings is 1. The Hall–Kier alpha value is -2.41. The minimum absolute atomic E-state index is 0.0276. The molecule has 2 aromatic rings. The molecule has 25 heavy (non-hydrogen) atoms. The van der Waals surface area contributed by atoms with Gasteiger partial charge in [0.1, 0.15) is 17.9 Å².